The lowest BCUT2D eigenvalue weighted by atomic mass is 10.1. The molecule has 1 aromatic carbocycles. The molecule has 2 rings (SSSR count). The summed E-state index contributed by atoms with van der Waals surface area (Å²) in [5, 5.41) is 2.84. The fourth-order valence-corrected chi connectivity index (χ4v) is 2.63. The molecule has 1 atom stereocenters. The van der Waals surface area contributed by atoms with Gasteiger partial charge in [0.05, 0.1) is 0 Å². The molecule has 0 unspecified atom stereocenters. The Labute approximate surface area is 132 Å². The number of aryl methyl sites for hydroxylation is 2. The van der Waals surface area contributed by atoms with Gasteiger partial charge in [-0.3, -0.25) is 4.79 Å². The summed E-state index contributed by atoms with van der Waals surface area (Å²) in [6.07, 6.45) is 0.886. The maximum absolute atomic E-state index is 12.6. The van der Waals surface area contributed by atoms with Crippen LogP contribution in [0.4, 0.5) is 10.5 Å². The minimum Gasteiger partial charge on any atom is -0.338 e. The smallest absolute Gasteiger partial charge is 0.318 e. The summed E-state index contributed by atoms with van der Waals surface area (Å²) < 4.78 is 0. The molecule has 0 radical (unpaired) electrons. The average Bonchev–Trinajstić information content (AvgIpc) is 2.50. The van der Waals surface area contributed by atoms with Gasteiger partial charge >= 0.3 is 6.03 Å². The number of nitrogens with zero attached hydrogens (tertiary/aromatic N) is 2. The standard InChI is InChI=1S/C17H25N3O2/c1-5-8-18-17(22)19-9-10-20(16(21)14(19)4)15-7-6-12(2)13(3)11-15/h6-7,11,14H,5,8-10H2,1-4H3,(H,18,22)/t14-/m1/s1. The molecule has 120 valence electrons. The average molecular weight is 303 g/mol. The van der Waals surface area contributed by atoms with E-state index in [4.69, 9.17) is 0 Å². The SMILES string of the molecule is CCCNC(=O)N1CCN(c2ccc(C)c(C)c2)C(=O)[C@H]1C. The number of urea groups is 1. The van der Waals surface area contributed by atoms with Crippen molar-refractivity contribution < 1.29 is 9.59 Å². The second-order valence-corrected chi connectivity index (χ2v) is 5.86. The van der Waals surface area contributed by atoms with Crippen molar-refractivity contribution >= 4 is 17.6 Å². The number of nitrogens with one attached hydrogen (secondary N) is 1. The van der Waals surface area contributed by atoms with Crippen LogP contribution >= 0.6 is 0 Å². The molecule has 0 aromatic heterocycles. The van der Waals surface area contributed by atoms with Gasteiger partial charge in [0.25, 0.3) is 0 Å². The van der Waals surface area contributed by atoms with Crippen molar-refractivity contribution in [2.24, 2.45) is 0 Å². The molecule has 1 aliphatic rings. The van der Waals surface area contributed by atoms with E-state index in [0.717, 1.165) is 12.1 Å². The number of anilines is 1. The Kier molecular flexibility index (Phi) is 5.06. The van der Waals surface area contributed by atoms with Crippen molar-refractivity contribution in [3.05, 3.63) is 29.3 Å². The van der Waals surface area contributed by atoms with E-state index in [1.54, 1.807) is 16.7 Å². The first-order valence-electron chi connectivity index (χ1n) is 7.88. The van der Waals surface area contributed by atoms with Crippen LogP contribution < -0.4 is 10.2 Å². The highest BCUT2D eigenvalue weighted by atomic mass is 16.2. The monoisotopic (exact) mass is 303 g/mol. The second-order valence-electron chi connectivity index (χ2n) is 5.86. The summed E-state index contributed by atoms with van der Waals surface area (Å²) in [7, 11) is 0. The highest BCUT2D eigenvalue weighted by molar-refractivity contribution is 6.00. The molecular formula is C17H25N3O2. The molecule has 5 nitrogen and oxygen atoms in total. The number of amides is 3. The van der Waals surface area contributed by atoms with E-state index in [2.05, 4.69) is 12.2 Å². The number of carbonyl (C=O) groups excluding carboxylic acids is 2. The third-order valence-corrected chi connectivity index (χ3v) is 4.24. The maximum atomic E-state index is 12.6. The molecular weight excluding hydrogens is 278 g/mol. The molecule has 0 aliphatic carbocycles. The van der Waals surface area contributed by atoms with E-state index in [9.17, 15) is 9.59 Å². The third kappa shape index (κ3) is 3.24. The molecule has 1 aromatic rings. The van der Waals surface area contributed by atoms with Gasteiger partial charge in [0.1, 0.15) is 6.04 Å². The minimum absolute atomic E-state index is 0.0267. The summed E-state index contributed by atoms with van der Waals surface area (Å²) in [5.41, 5.74) is 3.29. The highest BCUT2D eigenvalue weighted by Crippen LogP contribution is 2.23. The molecule has 1 N–H and O–H groups in total. The van der Waals surface area contributed by atoms with Gasteiger partial charge < -0.3 is 15.1 Å². The van der Waals surface area contributed by atoms with E-state index < -0.39 is 6.04 Å². The van der Waals surface area contributed by atoms with Crippen LogP contribution in [0.25, 0.3) is 0 Å². The Morgan fingerprint density at radius 1 is 1.27 bits per heavy atom. The molecule has 1 heterocycles. The van der Waals surface area contributed by atoms with Gasteiger partial charge in [-0.2, -0.15) is 0 Å². The van der Waals surface area contributed by atoms with Crippen LogP contribution in [0, 0.1) is 13.8 Å². The first-order valence-corrected chi connectivity index (χ1v) is 7.88. The molecule has 0 saturated carbocycles. The number of hydrogen-bond donors (Lipinski definition) is 1. The number of carbonyl (C=O) groups is 2. The predicted molar refractivity (Wildman–Crippen MR) is 88.1 cm³/mol. The number of rotatable bonds is 3. The van der Waals surface area contributed by atoms with Crippen molar-refractivity contribution in [3.8, 4) is 0 Å². The van der Waals surface area contributed by atoms with E-state index in [0.29, 0.717) is 19.6 Å². The third-order valence-electron chi connectivity index (χ3n) is 4.24. The van der Waals surface area contributed by atoms with Crippen molar-refractivity contribution in [2.75, 3.05) is 24.5 Å². The maximum Gasteiger partial charge on any atom is 0.318 e. The molecule has 3 amide bonds. The Hall–Kier alpha value is -2.04. The Balaban J connectivity index is 2.12. The normalized spacial score (nSPS) is 18.5. The van der Waals surface area contributed by atoms with Crippen LogP contribution in [0.5, 0.6) is 0 Å². The lowest BCUT2D eigenvalue weighted by Gasteiger charge is -2.39. The van der Waals surface area contributed by atoms with Gasteiger partial charge in [0.15, 0.2) is 0 Å². The Morgan fingerprint density at radius 2 is 2.00 bits per heavy atom. The summed E-state index contributed by atoms with van der Waals surface area (Å²) >= 11 is 0. The molecule has 0 spiro atoms. The second kappa shape index (κ2) is 6.81. The topological polar surface area (TPSA) is 52.7 Å². The van der Waals surface area contributed by atoms with Crippen molar-refractivity contribution in [2.45, 2.75) is 40.2 Å². The minimum atomic E-state index is -0.438. The van der Waals surface area contributed by atoms with Crippen LogP contribution in [0.3, 0.4) is 0 Å². The lowest BCUT2D eigenvalue weighted by Crippen LogP contribution is -2.59. The van der Waals surface area contributed by atoms with Gasteiger partial charge in [0, 0.05) is 25.3 Å². The van der Waals surface area contributed by atoms with Crippen LogP contribution in [0.15, 0.2) is 18.2 Å². The largest absolute Gasteiger partial charge is 0.338 e. The van der Waals surface area contributed by atoms with Gasteiger partial charge in [-0.05, 0) is 50.5 Å². The molecule has 1 aliphatic heterocycles. The zero-order valence-electron chi connectivity index (χ0n) is 13.8. The van der Waals surface area contributed by atoms with E-state index in [-0.39, 0.29) is 11.9 Å². The zero-order valence-corrected chi connectivity index (χ0v) is 13.8. The summed E-state index contributed by atoms with van der Waals surface area (Å²) in [6.45, 7) is 9.62. The van der Waals surface area contributed by atoms with Gasteiger partial charge in [0.2, 0.25) is 5.91 Å². The number of hydrogen-bond acceptors (Lipinski definition) is 2. The molecule has 0 bridgehead atoms. The van der Waals surface area contributed by atoms with Crippen LogP contribution in [0.2, 0.25) is 0 Å². The van der Waals surface area contributed by atoms with E-state index in [1.165, 1.54) is 11.1 Å². The van der Waals surface area contributed by atoms with E-state index >= 15 is 0 Å². The summed E-state index contributed by atoms with van der Waals surface area (Å²) in [4.78, 5) is 28.1. The number of benzene rings is 1. The quantitative estimate of drug-likeness (QED) is 0.932. The molecule has 22 heavy (non-hydrogen) atoms. The first kappa shape index (κ1) is 16.3. The van der Waals surface area contributed by atoms with Crippen molar-refractivity contribution in [1.29, 1.82) is 0 Å². The van der Waals surface area contributed by atoms with Crippen LogP contribution in [-0.2, 0) is 4.79 Å². The molecule has 1 fully saturated rings. The van der Waals surface area contributed by atoms with Gasteiger partial charge in [-0.15, -0.1) is 0 Å². The summed E-state index contributed by atoms with van der Waals surface area (Å²) in [6, 6.07) is 5.45. The molecule has 5 heteroatoms. The van der Waals surface area contributed by atoms with Crippen molar-refractivity contribution in [1.82, 2.24) is 10.2 Å². The number of piperazine rings is 1. The summed E-state index contributed by atoms with van der Waals surface area (Å²) in [5.74, 6) is -0.0267. The van der Waals surface area contributed by atoms with Crippen LogP contribution in [-0.4, -0.2) is 42.5 Å². The highest BCUT2D eigenvalue weighted by Gasteiger charge is 2.34. The fourth-order valence-electron chi connectivity index (χ4n) is 2.63. The zero-order chi connectivity index (χ0) is 16.3. The Bertz CT molecular complexity index is 571. The van der Waals surface area contributed by atoms with Crippen LogP contribution in [0.1, 0.15) is 31.4 Å². The van der Waals surface area contributed by atoms with E-state index in [1.807, 2.05) is 32.0 Å². The predicted octanol–water partition coefficient (Wildman–Crippen LogP) is 2.46. The van der Waals surface area contributed by atoms with Crippen molar-refractivity contribution in [3.63, 3.8) is 0 Å². The van der Waals surface area contributed by atoms with Gasteiger partial charge in [-0.25, -0.2) is 4.79 Å². The fraction of sp³-hybridized carbons (Fsp3) is 0.529. The first-order chi connectivity index (χ1) is 10.5. The molecule has 1 saturated heterocycles. The van der Waals surface area contributed by atoms with Gasteiger partial charge in [-0.1, -0.05) is 13.0 Å². The Morgan fingerprint density at radius 3 is 2.64 bits per heavy atom. The lowest BCUT2D eigenvalue weighted by molar-refractivity contribution is -0.124.